The summed E-state index contributed by atoms with van der Waals surface area (Å²) in [5, 5.41) is 6.65. The van der Waals surface area contributed by atoms with E-state index in [9.17, 15) is 18.0 Å². The second-order valence-electron chi connectivity index (χ2n) is 8.78. The van der Waals surface area contributed by atoms with Crippen LogP contribution in [0.4, 0.5) is 29.7 Å². The quantitative estimate of drug-likeness (QED) is 0.435. The Balaban J connectivity index is 1.33. The van der Waals surface area contributed by atoms with E-state index in [4.69, 9.17) is 20.9 Å². The molecule has 1 saturated carbocycles. The van der Waals surface area contributed by atoms with Crippen LogP contribution in [0, 0.1) is 5.92 Å². The lowest BCUT2D eigenvalue weighted by molar-refractivity contribution is -0.274. The second kappa shape index (κ2) is 8.80. The van der Waals surface area contributed by atoms with Crippen LogP contribution >= 0.6 is 11.6 Å². The minimum atomic E-state index is -4.90. The van der Waals surface area contributed by atoms with Crippen LogP contribution in [0.15, 0.2) is 35.0 Å². The van der Waals surface area contributed by atoms with Crippen LogP contribution < -0.4 is 15.0 Å². The third kappa shape index (κ3) is 4.74. The number of halogens is 4. The Bertz CT molecular complexity index is 1300. The van der Waals surface area contributed by atoms with E-state index in [-0.39, 0.29) is 28.2 Å². The minimum Gasteiger partial charge on any atom is -0.447 e. The number of cyclic esters (lactones) is 1. The van der Waals surface area contributed by atoms with E-state index in [1.807, 2.05) is 6.92 Å². The van der Waals surface area contributed by atoms with Crippen molar-refractivity contribution >= 4 is 29.5 Å². The normalized spacial score (nSPS) is 20.8. The number of rotatable bonds is 7. The SMILES string of the molecule is C[C@@H](Nc1nccc(N2C(=O)OC[C@@]2(C)C2CC2)n1)c1nc(-c2ccc(Cl)c(OC(F)(F)F)c2)no1. The zero-order chi connectivity index (χ0) is 25.7. The van der Waals surface area contributed by atoms with Crippen molar-refractivity contribution in [3.8, 4) is 17.1 Å². The number of hydrogen-bond donors (Lipinski definition) is 1. The van der Waals surface area contributed by atoms with E-state index in [0.717, 1.165) is 18.9 Å². The zero-order valence-corrected chi connectivity index (χ0v) is 19.8. The van der Waals surface area contributed by atoms with Gasteiger partial charge in [0, 0.05) is 11.8 Å². The summed E-state index contributed by atoms with van der Waals surface area (Å²) < 4.78 is 52.4. The fraction of sp³-hybridized carbons (Fsp3) is 0.409. The first-order valence-electron chi connectivity index (χ1n) is 11.0. The van der Waals surface area contributed by atoms with Crippen molar-refractivity contribution in [1.82, 2.24) is 20.1 Å². The molecule has 1 amide bonds. The van der Waals surface area contributed by atoms with Gasteiger partial charge in [0.15, 0.2) is 0 Å². The molecule has 2 aliphatic rings. The van der Waals surface area contributed by atoms with Crippen molar-refractivity contribution in [3.63, 3.8) is 0 Å². The van der Waals surface area contributed by atoms with Crippen LogP contribution in [0.3, 0.4) is 0 Å². The molecule has 14 heteroatoms. The largest absolute Gasteiger partial charge is 0.573 e. The van der Waals surface area contributed by atoms with E-state index < -0.39 is 29.8 Å². The molecule has 3 heterocycles. The molecule has 10 nitrogen and oxygen atoms in total. The molecule has 0 radical (unpaired) electrons. The van der Waals surface area contributed by atoms with Gasteiger partial charge in [0.05, 0.1) is 10.6 Å². The number of amides is 1. The summed E-state index contributed by atoms with van der Waals surface area (Å²) in [6.07, 6.45) is -1.80. The van der Waals surface area contributed by atoms with E-state index in [1.54, 1.807) is 17.9 Å². The summed E-state index contributed by atoms with van der Waals surface area (Å²) in [7, 11) is 0. The van der Waals surface area contributed by atoms with Crippen molar-refractivity contribution in [2.75, 3.05) is 16.8 Å². The number of alkyl halides is 3. The van der Waals surface area contributed by atoms with Gasteiger partial charge >= 0.3 is 12.5 Å². The number of nitrogens with zero attached hydrogens (tertiary/aromatic N) is 5. The van der Waals surface area contributed by atoms with Crippen LogP contribution in [0.1, 0.15) is 38.6 Å². The summed E-state index contributed by atoms with van der Waals surface area (Å²) in [5.41, 5.74) is -0.255. The number of aromatic nitrogens is 4. The zero-order valence-electron chi connectivity index (χ0n) is 19.0. The molecule has 2 fully saturated rings. The first kappa shape index (κ1) is 24.1. The molecule has 0 spiro atoms. The molecule has 36 heavy (non-hydrogen) atoms. The van der Waals surface area contributed by atoms with Crippen molar-refractivity contribution < 1.29 is 32.0 Å². The number of benzene rings is 1. The molecule has 2 atom stereocenters. The van der Waals surface area contributed by atoms with Crippen molar-refractivity contribution in [3.05, 3.63) is 41.4 Å². The topological polar surface area (TPSA) is 116 Å². The van der Waals surface area contributed by atoms with Crippen LogP contribution in [0.2, 0.25) is 5.02 Å². The lowest BCUT2D eigenvalue weighted by atomic mass is 9.96. The maximum Gasteiger partial charge on any atom is 0.573 e. The van der Waals surface area contributed by atoms with Gasteiger partial charge in [-0.3, -0.25) is 4.90 Å². The summed E-state index contributed by atoms with van der Waals surface area (Å²) in [5.74, 6) is 0.558. The van der Waals surface area contributed by atoms with Crippen molar-refractivity contribution in [1.29, 1.82) is 0 Å². The minimum absolute atomic E-state index is 0.0389. The highest BCUT2D eigenvalue weighted by Crippen LogP contribution is 2.47. The molecular formula is C22H20ClF3N6O4. The lowest BCUT2D eigenvalue weighted by Crippen LogP contribution is -2.47. The van der Waals surface area contributed by atoms with Gasteiger partial charge in [-0.25, -0.2) is 9.78 Å². The monoisotopic (exact) mass is 524 g/mol. The van der Waals surface area contributed by atoms with Gasteiger partial charge in [-0.2, -0.15) is 9.97 Å². The number of anilines is 2. The molecule has 5 rings (SSSR count). The molecule has 190 valence electrons. The fourth-order valence-electron chi connectivity index (χ4n) is 4.08. The number of nitrogens with one attached hydrogen (secondary N) is 1. The summed E-state index contributed by atoms with van der Waals surface area (Å²) in [6.45, 7) is 3.99. The highest BCUT2D eigenvalue weighted by atomic mass is 35.5. The Hall–Kier alpha value is -3.61. The van der Waals surface area contributed by atoms with Gasteiger partial charge in [-0.1, -0.05) is 16.8 Å². The Morgan fingerprint density at radius 3 is 2.78 bits per heavy atom. The molecule has 1 N–H and O–H groups in total. The van der Waals surface area contributed by atoms with Crippen molar-refractivity contribution in [2.24, 2.45) is 5.92 Å². The summed E-state index contributed by atoms with van der Waals surface area (Å²) in [4.78, 5) is 26.9. The Labute approximate surface area is 207 Å². The molecule has 2 aromatic heterocycles. The summed E-state index contributed by atoms with van der Waals surface area (Å²) >= 11 is 5.80. The van der Waals surface area contributed by atoms with E-state index >= 15 is 0 Å². The smallest absolute Gasteiger partial charge is 0.447 e. The number of ether oxygens (including phenoxy) is 2. The van der Waals surface area contributed by atoms with E-state index in [0.29, 0.717) is 18.3 Å². The van der Waals surface area contributed by atoms with Gasteiger partial charge < -0.3 is 19.3 Å². The van der Waals surface area contributed by atoms with E-state index in [1.165, 1.54) is 18.3 Å². The molecule has 0 unspecified atom stereocenters. The Kier molecular flexibility index (Phi) is 5.89. The van der Waals surface area contributed by atoms with Crippen molar-refractivity contribution in [2.45, 2.75) is 44.6 Å². The molecule has 1 aliphatic carbocycles. The Morgan fingerprint density at radius 2 is 2.06 bits per heavy atom. The van der Waals surface area contributed by atoms with Crippen LogP contribution in [0.5, 0.6) is 5.75 Å². The first-order chi connectivity index (χ1) is 17.0. The van der Waals surface area contributed by atoms with Gasteiger partial charge in [0.1, 0.15) is 24.2 Å². The van der Waals surface area contributed by atoms with Gasteiger partial charge in [0.2, 0.25) is 17.7 Å². The van der Waals surface area contributed by atoms with Gasteiger partial charge in [-0.15, -0.1) is 13.2 Å². The number of carbonyl (C=O) groups excluding carboxylic acids is 1. The lowest BCUT2D eigenvalue weighted by Gasteiger charge is -2.31. The van der Waals surface area contributed by atoms with Crippen LogP contribution in [0.25, 0.3) is 11.4 Å². The highest BCUT2D eigenvalue weighted by Gasteiger charge is 2.54. The molecular weight excluding hydrogens is 505 g/mol. The average molecular weight is 525 g/mol. The van der Waals surface area contributed by atoms with Gasteiger partial charge in [0.25, 0.3) is 0 Å². The number of carbonyl (C=O) groups is 1. The third-order valence-corrected chi connectivity index (χ3v) is 6.39. The van der Waals surface area contributed by atoms with Crippen LogP contribution in [-0.4, -0.2) is 44.7 Å². The Morgan fingerprint density at radius 1 is 1.28 bits per heavy atom. The predicted molar refractivity (Wildman–Crippen MR) is 120 cm³/mol. The fourth-order valence-corrected chi connectivity index (χ4v) is 4.23. The number of hydrogen-bond acceptors (Lipinski definition) is 9. The maximum absolute atomic E-state index is 12.6. The van der Waals surface area contributed by atoms with Gasteiger partial charge in [-0.05, 0) is 56.9 Å². The second-order valence-corrected chi connectivity index (χ2v) is 9.18. The summed E-state index contributed by atoms with van der Waals surface area (Å²) in [6, 6.07) is 4.82. The van der Waals surface area contributed by atoms with Crippen LogP contribution in [-0.2, 0) is 4.74 Å². The predicted octanol–water partition coefficient (Wildman–Crippen LogP) is 5.38. The maximum atomic E-state index is 12.6. The standard InChI is InChI=1S/C22H20ClF3N6O4/c1-11(18-30-17(31-36-18)12-3-6-14(23)15(9-12)35-22(24,25)26)28-19-27-8-7-16(29-19)32-20(33)34-10-21(32,2)13-4-5-13/h3,6-9,11,13H,4-5,10H2,1-2H3,(H,27,28,29)/t11-,21+/m1/s1. The molecule has 0 bridgehead atoms. The highest BCUT2D eigenvalue weighted by molar-refractivity contribution is 6.32. The first-order valence-corrected chi connectivity index (χ1v) is 11.4. The average Bonchev–Trinajstić information content (AvgIpc) is 3.48. The van der Waals surface area contributed by atoms with E-state index in [2.05, 4.69) is 30.2 Å². The molecule has 1 aromatic carbocycles. The molecule has 1 saturated heterocycles. The molecule has 1 aliphatic heterocycles. The third-order valence-electron chi connectivity index (χ3n) is 6.08. The molecule has 3 aromatic rings.